The van der Waals surface area contributed by atoms with Crippen molar-refractivity contribution in [2.45, 2.75) is 30.2 Å². The number of nitro benzene ring substituents is 1. The van der Waals surface area contributed by atoms with Crippen LogP contribution in [-0.2, 0) is 10.0 Å². The predicted octanol–water partition coefficient (Wildman–Crippen LogP) is 2.74. The van der Waals surface area contributed by atoms with E-state index in [1.165, 1.54) is 24.3 Å². The zero-order valence-electron chi connectivity index (χ0n) is 10.5. The van der Waals surface area contributed by atoms with Crippen molar-refractivity contribution in [3.8, 4) is 0 Å². The lowest BCUT2D eigenvalue weighted by atomic mass is 10.0. The fourth-order valence-corrected chi connectivity index (χ4v) is 4.46. The Kier molecular flexibility index (Phi) is 4.76. The first-order chi connectivity index (χ1) is 9.42. The van der Waals surface area contributed by atoms with Gasteiger partial charge in [-0.3, -0.25) is 10.1 Å². The Labute approximate surface area is 130 Å². The smallest absolute Gasteiger partial charge is 0.258 e. The quantitative estimate of drug-likeness (QED) is 0.472. The highest BCUT2D eigenvalue weighted by Gasteiger charge is 2.29. The molecule has 1 N–H and O–H groups in total. The molecule has 1 aromatic carbocycles. The van der Waals surface area contributed by atoms with Gasteiger partial charge in [0.1, 0.15) is 0 Å². The lowest BCUT2D eigenvalue weighted by molar-refractivity contribution is -0.387. The summed E-state index contributed by atoms with van der Waals surface area (Å²) in [6.45, 7) is 0. The summed E-state index contributed by atoms with van der Waals surface area (Å²) in [4.78, 5) is 9.95. The van der Waals surface area contributed by atoms with Gasteiger partial charge in [-0.1, -0.05) is 18.2 Å². The van der Waals surface area contributed by atoms with Crippen molar-refractivity contribution in [2.24, 2.45) is 0 Å². The highest BCUT2D eigenvalue weighted by molar-refractivity contribution is 14.1. The minimum Gasteiger partial charge on any atom is -0.258 e. The van der Waals surface area contributed by atoms with Crippen LogP contribution < -0.4 is 4.72 Å². The van der Waals surface area contributed by atoms with E-state index in [4.69, 9.17) is 0 Å². The molecule has 1 aliphatic carbocycles. The molecule has 108 valence electrons. The topological polar surface area (TPSA) is 89.3 Å². The molecule has 1 aliphatic rings. The van der Waals surface area contributed by atoms with E-state index < -0.39 is 20.6 Å². The highest BCUT2D eigenvalue weighted by atomic mass is 127. The van der Waals surface area contributed by atoms with Gasteiger partial charge in [0, 0.05) is 9.65 Å². The number of nitro groups is 1. The standard InChI is InChI=1S/C12H13IN2O4S/c13-9-5-1-2-6-10(9)14-20(18,19)12-8-4-3-7-11(12)15(16)17/h3-5,7-8,10,14H,1-2,6H2. The molecular formula is C12H13IN2O4S. The summed E-state index contributed by atoms with van der Waals surface area (Å²) in [7, 11) is -3.91. The van der Waals surface area contributed by atoms with Gasteiger partial charge in [0.15, 0.2) is 4.90 Å². The van der Waals surface area contributed by atoms with Crippen molar-refractivity contribution >= 4 is 38.3 Å². The zero-order valence-corrected chi connectivity index (χ0v) is 13.4. The van der Waals surface area contributed by atoms with Gasteiger partial charge in [0.2, 0.25) is 10.0 Å². The zero-order chi connectivity index (χ0) is 14.8. The fourth-order valence-electron chi connectivity index (χ4n) is 2.04. The number of hydrogen-bond donors (Lipinski definition) is 1. The van der Waals surface area contributed by atoms with E-state index in [1.54, 1.807) is 0 Å². The molecule has 0 radical (unpaired) electrons. The fraction of sp³-hybridized carbons (Fsp3) is 0.333. The molecule has 1 aromatic rings. The number of hydrogen-bond acceptors (Lipinski definition) is 4. The van der Waals surface area contributed by atoms with E-state index in [-0.39, 0.29) is 10.9 Å². The van der Waals surface area contributed by atoms with Gasteiger partial charge in [0.05, 0.1) is 11.0 Å². The van der Waals surface area contributed by atoms with Crippen LogP contribution in [0.4, 0.5) is 5.69 Å². The molecule has 0 saturated carbocycles. The Bertz CT molecular complexity index is 657. The molecular weight excluding hydrogens is 395 g/mol. The summed E-state index contributed by atoms with van der Waals surface area (Å²) < 4.78 is 28.1. The van der Waals surface area contributed by atoms with Gasteiger partial charge in [-0.2, -0.15) is 0 Å². The Morgan fingerprint density at radius 2 is 2.05 bits per heavy atom. The Morgan fingerprint density at radius 1 is 1.35 bits per heavy atom. The van der Waals surface area contributed by atoms with Gasteiger partial charge in [-0.05, 0) is 47.9 Å². The van der Waals surface area contributed by atoms with Gasteiger partial charge in [-0.15, -0.1) is 0 Å². The second-order valence-corrected chi connectivity index (χ2v) is 7.35. The molecule has 0 spiro atoms. The molecule has 6 nitrogen and oxygen atoms in total. The van der Waals surface area contributed by atoms with E-state index in [2.05, 4.69) is 27.3 Å². The second-order valence-electron chi connectivity index (χ2n) is 4.42. The normalized spacial score (nSPS) is 19.4. The molecule has 1 atom stereocenters. The molecule has 2 rings (SSSR count). The van der Waals surface area contributed by atoms with Gasteiger partial charge in [0.25, 0.3) is 5.69 Å². The predicted molar refractivity (Wildman–Crippen MR) is 83.2 cm³/mol. The van der Waals surface area contributed by atoms with Crippen LogP contribution in [0.25, 0.3) is 0 Å². The Balaban J connectivity index is 2.34. The van der Waals surface area contributed by atoms with Crippen LogP contribution in [-0.4, -0.2) is 19.4 Å². The van der Waals surface area contributed by atoms with Crippen molar-refractivity contribution < 1.29 is 13.3 Å². The molecule has 0 saturated heterocycles. The van der Waals surface area contributed by atoms with E-state index in [0.29, 0.717) is 6.42 Å². The average molecular weight is 408 g/mol. The maximum absolute atomic E-state index is 12.3. The molecule has 20 heavy (non-hydrogen) atoms. The number of sulfonamides is 1. The van der Waals surface area contributed by atoms with Crippen molar-refractivity contribution in [2.75, 3.05) is 0 Å². The molecule has 0 heterocycles. The van der Waals surface area contributed by atoms with Crippen molar-refractivity contribution in [1.82, 2.24) is 4.72 Å². The summed E-state index contributed by atoms with van der Waals surface area (Å²) in [6, 6.07) is 5.06. The van der Waals surface area contributed by atoms with Crippen LogP contribution in [0.5, 0.6) is 0 Å². The van der Waals surface area contributed by atoms with Crippen LogP contribution in [0, 0.1) is 10.1 Å². The number of allylic oxidation sites excluding steroid dienone is 1. The summed E-state index contributed by atoms with van der Waals surface area (Å²) in [5, 5.41) is 10.9. The minimum absolute atomic E-state index is 0.292. The molecule has 0 bridgehead atoms. The largest absolute Gasteiger partial charge is 0.289 e. The maximum atomic E-state index is 12.3. The molecule has 0 aliphatic heterocycles. The third-order valence-corrected chi connectivity index (χ3v) is 5.73. The summed E-state index contributed by atoms with van der Waals surface area (Å²) in [5.74, 6) is 0. The van der Waals surface area contributed by atoms with Crippen LogP contribution in [0.15, 0.2) is 38.8 Å². The first-order valence-electron chi connectivity index (χ1n) is 6.03. The molecule has 0 amide bonds. The Hall–Kier alpha value is -1.000. The number of halogens is 1. The number of benzene rings is 1. The molecule has 0 aromatic heterocycles. The number of nitrogens with one attached hydrogen (secondary N) is 1. The average Bonchev–Trinajstić information content (AvgIpc) is 2.41. The summed E-state index contributed by atoms with van der Waals surface area (Å²) in [6.07, 6.45) is 4.52. The molecule has 0 fully saturated rings. The lowest BCUT2D eigenvalue weighted by Gasteiger charge is -2.21. The van der Waals surface area contributed by atoms with Crippen molar-refractivity contribution in [3.63, 3.8) is 0 Å². The first kappa shape index (κ1) is 15.4. The van der Waals surface area contributed by atoms with Crippen LogP contribution >= 0.6 is 22.6 Å². The van der Waals surface area contributed by atoms with Crippen LogP contribution in [0.3, 0.4) is 0 Å². The summed E-state index contributed by atoms with van der Waals surface area (Å²) >= 11 is 2.10. The Morgan fingerprint density at radius 3 is 2.70 bits per heavy atom. The molecule has 1 unspecified atom stereocenters. The number of rotatable bonds is 4. The van der Waals surface area contributed by atoms with Gasteiger partial charge in [-0.25, -0.2) is 13.1 Å². The molecule has 8 heteroatoms. The van der Waals surface area contributed by atoms with E-state index in [9.17, 15) is 18.5 Å². The first-order valence-corrected chi connectivity index (χ1v) is 8.59. The van der Waals surface area contributed by atoms with E-state index in [1.807, 2.05) is 6.08 Å². The van der Waals surface area contributed by atoms with E-state index in [0.717, 1.165) is 16.4 Å². The van der Waals surface area contributed by atoms with E-state index >= 15 is 0 Å². The minimum atomic E-state index is -3.91. The van der Waals surface area contributed by atoms with Crippen LogP contribution in [0.2, 0.25) is 0 Å². The third kappa shape index (κ3) is 3.36. The SMILES string of the molecule is O=[N+]([O-])c1ccccc1S(=O)(=O)NC1CCCC=C1I. The maximum Gasteiger partial charge on any atom is 0.289 e. The van der Waals surface area contributed by atoms with Gasteiger partial charge >= 0.3 is 0 Å². The second kappa shape index (κ2) is 6.19. The van der Waals surface area contributed by atoms with Crippen molar-refractivity contribution in [3.05, 3.63) is 44.0 Å². The monoisotopic (exact) mass is 408 g/mol. The third-order valence-electron chi connectivity index (χ3n) is 3.02. The van der Waals surface area contributed by atoms with Crippen molar-refractivity contribution in [1.29, 1.82) is 0 Å². The number of nitrogens with zero attached hydrogens (tertiary/aromatic N) is 1. The van der Waals surface area contributed by atoms with Gasteiger partial charge < -0.3 is 0 Å². The number of para-hydroxylation sites is 1. The van der Waals surface area contributed by atoms with Crippen LogP contribution in [0.1, 0.15) is 19.3 Å². The lowest BCUT2D eigenvalue weighted by Crippen LogP contribution is -2.36. The highest BCUT2D eigenvalue weighted by Crippen LogP contribution is 2.27. The summed E-state index contributed by atoms with van der Waals surface area (Å²) in [5.41, 5.74) is -0.408.